The summed E-state index contributed by atoms with van der Waals surface area (Å²) < 4.78 is 6.51. The molecule has 2 atom stereocenters. The third-order valence-corrected chi connectivity index (χ3v) is 3.69. The van der Waals surface area contributed by atoms with Gasteiger partial charge in [-0.2, -0.15) is 0 Å². The number of hydrogen-bond acceptors (Lipinski definition) is 6. The third kappa shape index (κ3) is 2.34. The lowest BCUT2D eigenvalue weighted by Gasteiger charge is -2.13. The van der Waals surface area contributed by atoms with E-state index in [0.717, 1.165) is 4.57 Å². The highest BCUT2D eigenvalue weighted by Gasteiger charge is 2.36. The van der Waals surface area contributed by atoms with Crippen LogP contribution in [0.15, 0.2) is 20.7 Å². The van der Waals surface area contributed by atoms with Gasteiger partial charge in [0.25, 0.3) is 5.56 Å². The van der Waals surface area contributed by atoms with Gasteiger partial charge in [-0.25, -0.2) is 9.36 Å². The number of aromatic amines is 1. The molecule has 1 aromatic heterocycles. The van der Waals surface area contributed by atoms with E-state index in [9.17, 15) is 14.7 Å². The molecule has 104 valence electrons. The van der Waals surface area contributed by atoms with Gasteiger partial charge in [-0.1, -0.05) is 0 Å². The van der Waals surface area contributed by atoms with Crippen LogP contribution in [-0.2, 0) is 4.74 Å². The molecule has 0 amide bonds. The van der Waals surface area contributed by atoms with Crippen molar-refractivity contribution in [2.45, 2.75) is 19.1 Å². The fraction of sp³-hybridized carbons (Fsp3) is 0.455. The quantitative estimate of drug-likeness (QED) is 0.664. The van der Waals surface area contributed by atoms with Crippen LogP contribution in [0.25, 0.3) is 5.88 Å². The van der Waals surface area contributed by atoms with Gasteiger partial charge in [0.15, 0.2) is 6.10 Å². The Kier molecular flexibility index (Phi) is 3.83. The highest BCUT2D eigenvalue weighted by Crippen LogP contribution is 2.34. The van der Waals surface area contributed by atoms with Crippen LogP contribution in [0, 0.1) is 6.92 Å². The predicted octanol–water partition coefficient (Wildman–Crippen LogP) is -0.914. The van der Waals surface area contributed by atoms with Gasteiger partial charge in [0.2, 0.25) is 5.88 Å². The third-order valence-electron chi connectivity index (χ3n) is 2.83. The van der Waals surface area contributed by atoms with Crippen molar-refractivity contribution in [2.24, 2.45) is 0 Å². The van der Waals surface area contributed by atoms with E-state index >= 15 is 0 Å². The molecule has 8 heteroatoms. The second-order valence-electron chi connectivity index (χ2n) is 4.10. The van der Waals surface area contributed by atoms with Crippen molar-refractivity contribution in [1.29, 1.82) is 0 Å². The Morgan fingerprint density at radius 2 is 2.21 bits per heavy atom. The Balaban J connectivity index is 2.58. The van der Waals surface area contributed by atoms with Crippen molar-refractivity contribution < 1.29 is 14.9 Å². The van der Waals surface area contributed by atoms with Crippen molar-refractivity contribution in [1.82, 2.24) is 9.55 Å². The number of H-pyrrole nitrogens is 1. The van der Waals surface area contributed by atoms with Gasteiger partial charge in [0, 0.05) is 11.8 Å². The van der Waals surface area contributed by atoms with E-state index in [-0.39, 0.29) is 12.5 Å². The Bertz CT molecular complexity index is 633. The lowest BCUT2D eigenvalue weighted by molar-refractivity contribution is 0.0246. The van der Waals surface area contributed by atoms with Crippen molar-refractivity contribution in [3.63, 3.8) is 0 Å². The molecule has 1 aromatic rings. The summed E-state index contributed by atoms with van der Waals surface area (Å²) in [6.45, 7) is 1.19. The average Bonchev–Trinajstić information content (AvgIpc) is 2.70. The number of nitrogens with zero attached hydrogens (tertiary/aromatic N) is 1. The minimum Gasteiger partial charge on any atom is -0.469 e. The molecule has 2 rings (SSSR count). The van der Waals surface area contributed by atoms with Crippen LogP contribution in [0.1, 0.15) is 5.56 Å². The average molecular weight is 286 g/mol. The molecular formula is C11H14N2O5S. The number of aryl methyl sites for hydroxylation is 1. The summed E-state index contributed by atoms with van der Waals surface area (Å²) in [6, 6.07) is 0. The van der Waals surface area contributed by atoms with Crippen LogP contribution >= 0.6 is 11.8 Å². The molecule has 1 aliphatic heterocycles. The topological polar surface area (TPSA) is 105 Å². The van der Waals surface area contributed by atoms with Crippen LogP contribution in [0.5, 0.6) is 0 Å². The molecule has 7 nitrogen and oxygen atoms in total. The molecule has 1 aliphatic rings. The maximum atomic E-state index is 11.8. The maximum Gasteiger partial charge on any atom is 0.335 e. The van der Waals surface area contributed by atoms with Crippen LogP contribution in [0.3, 0.4) is 0 Å². The normalized spacial score (nSPS) is 22.7. The Morgan fingerprint density at radius 3 is 2.79 bits per heavy atom. The molecule has 0 fully saturated rings. The van der Waals surface area contributed by atoms with E-state index in [4.69, 9.17) is 9.84 Å². The molecule has 0 spiro atoms. The molecule has 19 heavy (non-hydrogen) atoms. The molecule has 0 saturated carbocycles. The molecular weight excluding hydrogens is 272 g/mol. The van der Waals surface area contributed by atoms with Gasteiger partial charge in [-0.15, -0.1) is 11.8 Å². The summed E-state index contributed by atoms with van der Waals surface area (Å²) in [6.07, 6.45) is 1.27. The summed E-state index contributed by atoms with van der Waals surface area (Å²) >= 11 is 1.22. The SMILES string of the molecule is CSC1=C(n2cc(C)c(=O)[nH]c2=O)O[C@H](CO)C1O. The number of hydrogen-bond donors (Lipinski definition) is 3. The number of aliphatic hydroxyl groups is 2. The highest BCUT2D eigenvalue weighted by molar-refractivity contribution is 8.02. The molecule has 0 aliphatic carbocycles. The van der Waals surface area contributed by atoms with Gasteiger partial charge in [0.1, 0.15) is 6.10 Å². The molecule has 3 N–H and O–H groups in total. The number of ether oxygens (including phenoxy) is 1. The van der Waals surface area contributed by atoms with Gasteiger partial charge in [-0.3, -0.25) is 9.78 Å². The fourth-order valence-corrected chi connectivity index (χ4v) is 2.51. The standard InChI is InChI=1S/C11H14N2O5S/c1-5-3-13(11(17)12-9(5)16)10-8(19-2)7(15)6(4-14)18-10/h3,6-7,14-15H,4H2,1-2H3,(H,12,16,17)/t6-,7?/m1/s1. The summed E-state index contributed by atoms with van der Waals surface area (Å²) in [5, 5.41) is 19.1. The summed E-state index contributed by atoms with van der Waals surface area (Å²) in [4.78, 5) is 25.7. The minimum absolute atomic E-state index is 0.142. The van der Waals surface area contributed by atoms with E-state index in [1.165, 1.54) is 18.0 Å². The second kappa shape index (κ2) is 5.24. The molecule has 0 aromatic carbocycles. The van der Waals surface area contributed by atoms with Crippen LogP contribution in [0.4, 0.5) is 0 Å². The first-order valence-corrected chi connectivity index (χ1v) is 6.78. The zero-order valence-corrected chi connectivity index (χ0v) is 11.2. The summed E-state index contributed by atoms with van der Waals surface area (Å²) in [5.74, 6) is 0.142. The van der Waals surface area contributed by atoms with Crippen molar-refractivity contribution in [3.05, 3.63) is 37.5 Å². The van der Waals surface area contributed by atoms with E-state index in [0.29, 0.717) is 10.5 Å². The second-order valence-corrected chi connectivity index (χ2v) is 4.95. The van der Waals surface area contributed by atoms with Crippen LogP contribution in [0.2, 0.25) is 0 Å². The van der Waals surface area contributed by atoms with Crippen LogP contribution in [-0.4, -0.2) is 44.8 Å². The van der Waals surface area contributed by atoms with E-state index in [1.54, 1.807) is 13.2 Å². The number of nitrogens with one attached hydrogen (secondary N) is 1. The monoisotopic (exact) mass is 286 g/mol. The van der Waals surface area contributed by atoms with E-state index in [1.807, 2.05) is 0 Å². The van der Waals surface area contributed by atoms with E-state index in [2.05, 4.69) is 4.98 Å². The lowest BCUT2D eigenvalue weighted by atomic mass is 10.2. The summed E-state index contributed by atoms with van der Waals surface area (Å²) in [5.41, 5.74) is -0.772. The first kappa shape index (κ1) is 13.9. The molecule has 0 radical (unpaired) electrons. The largest absolute Gasteiger partial charge is 0.469 e. The molecule has 0 saturated heterocycles. The summed E-state index contributed by atoms with van der Waals surface area (Å²) in [7, 11) is 0. The van der Waals surface area contributed by atoms with Gasteiger partial charge < -0.3 is 14.9 Å². The highest BCUT2D eigenvalue weighted by atomic mass is 32.2. The number of rotatable bonds is 3. The Hall–Kier alpha value is -1.51. The Labute approximate surface area is 112 Å². The van der Waals surface area contributed by atoms with Crippen molar-refractivity contribution in [3.8, 4) is 0 Å². The van der Waals surface area contributed by atoms with Gasteiger partial charge >= 0.3 is 5.69 Å². The minimum atomic E-state index is -0.992. The number of thioether (sulfide) groups is 1. The number of aromatic nitrogens is 2. The fourth-order valence-electron chi connectivity index (χ4n) is 1.80. The first-order valence-electron chi connectivity index (χ1n) is 5.56. The smallest absolute Gasteiger partial charge is 0.335 e. The van der Waals surface area contributed by atoms with E-state index < -0.39 is 23.5 Å². The zero-order chi connectivity index (χ0) is 14.2. The predicted molar refractivity (Wildman–Crippen MR) is 70.8 cm³/mol. The molecule has 1 unspecified atom stereocenters. The zero-order valence-electron chi connectivity index (χ0n) is 10.4. The maximum absolute atomic E-state index is 11.8. The number of aliphatic hydroxyl groups excluding tert-OH is 2. The molecule has 2 heterocycles. The molecule has 0 bridgehead atoms. The lowest BCUT2D eigenvalue weighted by Crippen LogP contribution is -2.31. The van der Waals surface area contributed by atoms with Crippen molar-refractivity contribution >= 4 is 17.6 Å². The van der Waals surface area contributed by atoms with Gasteiger partial charge in [0.05, 0.1) is 11.5 Å². The Morgan fingerprint density at radius 1 is 1.53 bits per heavy atom. The van der Waals surface area contributed by atoms with Gasteiger partial charge in [-0.05, 0) is 13.2 Å². The van der Waals surface area contributed by atoms with Crippen molar-refractivity contribution in [2.75, 3.05) is 12.9 Å². The first-order chi connectivity index (χ1) is 8.99. The van der Waals surface area contributed by atoms with Crippen LogP contribution < -0.4 is 11.2 Å².